The van der Waals surface area contributed by atoms with Crippen LogP contribution in [-0.2, 0) is 14.4 Å². The third-order valence-electron chi connectivity index (χ3n) is 3.33. The topological polar surface area (TPSA) is 51.2 Å². The summed E-state index contributed by atoms with van der Waals surface area (Å²) in [6, 6.07) is 7.36. The molecule has 0 aliphatic carbocycles. The molecule has 0 unspecified atom stereocenters. The standard InChI is InChI=1S/C10H10O2.C10H18O/c1-8-2-4-9(5-3-8)10(6-11)7-12;1-10(2)8-6-4-3-5-7-9-11/h2-7,10H,1H3;8-9H,3-7H2,1-2H3. The Bertz CT molecular complexity index is 474. The Kier molecular flexibility index (Phi) is 12.4. The molecule has 0 bridgehead atoms. The summed E-state index contributed by atoms with van der Waals surface area (Å²) in [6.07, 6.45) is 9.91. The van der Waals surface area contributed by atoms with Gasteiger partial charge in [-0.25, -0.2) is 0 Å². The molecule has 1 aromatic rings. The van der Waals surface area contributed by atoms with Gasteiger partial charge in [0.15, 0.2) is 0 Å². The number of hydrogen-bond acceptors (Lipinski definition) is 3. The van der Waals surface area contributed by atoms with Gasteiger partial charge in [0.2, 0.25) is 0 Å². The van der Waals surface area contributed by atoms with Crippen LogP contribution in [0.2, 0.25) is 0 Å². The molecule has 0 saturated carbocycles. The number of benzene rings is 1. The zero-order valence-electron chi connectivity index (χ0n) is 14.5. The Morgan fingerprint density at radius 2 is 1.48 bits per heavy atom. The summed E-state index contributed by atoms with van der Waals surface area (Å²) in [5, 5.41) is 0. The molecule has 1 rings (SSSR count). The molecule has 0 spiro atoms. The van der Waals surface area contributed by atoms with E-state index < -0.39 is 5.92 Å². The van der Waals surface area contributed by atoms with Crippen molar-refractivity contribution in [3.63, 3.8) is 0 Å². The molecule has 0 aliphatic heterocycles. The first-order chi connectivity index (χ1) is 11.0. The number of carbonyl (C=O) groups is 3. The van der Waals surface area contributed by atoms with Crippen LogP contribution in [0.1, 0.15) is 63.0 Å². The van der Waals surface area contributed by atoms with E-state index in [0.29, 0.717) is 12.6 Å². The van der Waals surface area contributed by atoms with Crippen molar-refractivity contribution in [1.29, 1.82) is 0 Å². The van der Waals surface area contributed by atoms with E-state index in [2.05, 4.69) is 19.9 Å². The average molecular weight is 316 g/mol. The van der Waals surface area contributed by atoms with Crippen LogP contribution >= 0.6 is 0 Å². The largest absolute Gasteiger partial charge is 0.303 e. The van der Waals surface area contributed by atoms with Gasteiger partial charge < -0.3 is 14.4 Å². The first kappa shape index (κ1) is 21.0. The molecule has 0 N–H and O–H groups in total. The molecule has 0 radical (unpaired) electrons. The summed E-state index contributed by atoms with van der Waals surface area (Å²) in [4.78, 5) is 30.7. The lowest BCUT2D eigenvalue weighted by atomic mass is 10.0. The number of aldehydes is 3. The first-order valence-corrected chi connectivity index (χ1v) is 8.09. The lowest BCUT2D eigenvalue weighted by Gasteiger charge is -2.01. The highest BCUT2D eigenvalue weighted by Crippen LogP contribution is 2.11. The van der Waals surface area contributed by atoms with E-state index >= 15 is 0 Å². The fourth-order valence-electron chi connectivity index (χ4n) is 1.92. The molecular formula is C20H28O3. The highest BCUT2D eigenvalue weighted by Gasteiger charge is 2.06. The molecule has 0 amide bonds. The van der Waals surface area contributed by atoms with Gasteiger partial charge in [0, 0.05) is 6.42 Å². The van der Waals surface area contributed by atoms with Crippen LogP contribution in [0.5, 0.6) is 0 Å². The molecule has 0 heterocycles. The maximum atomic E-state index is 10.4. The summed E-state index contributed by atoms with van der Waals surface area (Å²) in [5.74, 6) is -0.606. The highest BCUT2D eigenvalue weighted by atomic mass is 16.1. The SMILES string of the molecule is CC(C)=CCCCCCC=O.Cc1ccc(C(C=O)C=O)cc1. The summed E-state index contributed by atoms with van der Waals surface area (Å²) < 4.78 is 0. The molecule has 3 nitrogen and oxygen atoms in total. The average Bonchev–Trinajstić information content (AvgIpc) is 2.54. The summed E-state index contributed by atoms with van der Waals surface area (Å²) in [6.45, 7) is 6.19. The summed E-state index contributed by atoms with van der Waals surface area (Å²) in [5.41, 5.74) is 3.26. The molecule has 0 atom stereocenters. The van der Waals surface area contributed by atoms with Gasteiger partial charge in [-0.2, -0.15) is 0 Å². The quantitative estimate of drug-likeness (QED) is 0.290. The molecule has 0 saturated heterocycles. The molecule has 0 aromatic heterocycles. The molecule has 23 heavy (non-hydrogen) atoms. The maximum Gasteiger partial charge on any atom is 0.134 e. The Morgan fingerprint density at radius 1 is 0.913 bits per heavy atom. The van der Waals surface area contributed by atoms with Gasteiger partial charge in [-0.15, -0.1) is 0 Å². The van der Waals surface area contributed by atoms with E-state index in [0.717, 1.165) is 30.3 Å². The van der Waals surface area contributed by atoms with E-state index in [1.165, 1.54) is 24.8 Å². The predicted molar refractivity (Wildman–Crippen MR) is 94.6 cm³/mol. The van der Waals surface area contributed by atoms with Crippen molar-refractivity contribution < 1.29 is 14.4 Å². The third-order valence-corrected chi connectivity index (χ3v) is 3.33. The minimum Gasteiger partial charge on any atom is -0.303 e. The van der Waals surface area contributed by atoms with Gasteiger partial charge in [0.05, 0.1) is 5.92 Å². The second-order valence-electron chi connectivity index (χ2n) is 5.79. The van der Waals surface area contributed by atoms with Gasteiger partial charge in [-0.3, -0.25) is 0 Å². The van der Waals surface area contributed by atoms with Crippen molar-refractivity contribution in [2.75, 3.05) is 0 Å². The van der Waals surface area contributed by atoms with E-state index in [-0.39, 0.29) is 0 Å². The summed E-state index contributed by atoms with van der Waals surface area (Å²) >= 11 is 0. The smallest absolute Gasteiger partial charge is 0.134 e. The van der Waals surface area contributed by atoms with E-state index in [4.69, 9.17) is 0 Å². The van der Waals surface area contributed by atoms with E-state index in [9.17, 15) is 14.4 Å². The number of hydrogen-bond donors (Lipinski definition) is 0. The zero-order valence-corrected chi connectivity index (χ0v) is 14.5. The van der Waals surface area contributed by atoms with Crippen molar-refractivity contribution in [2.24, 2.45) is 0 Å². The molecule has 1 aromatic carbocycles. The lowest BCUT2D eigenvalue weighted by Crippen LogP contribution is -2.00. The third kappa shape index (κ3) is 11.2. The van der Waals surface area contributed by atoms with Gasteiger partial charge >= 0.3 is 0 Å². The van der Waals surface area contributed by atoms with Crippen LogP contribution in [0, 0.1) is 6.92 Å². The number of aryl methyl sites for hydroxylation is 1. The van der Waals surface area contributed by atoms with Crippen LogP contribution in [-0.4, -0.2) is 18.9 Å². The molecule has 3 heteroatoms. The predicted octanol–water partition coefficient (Wildman–Crippen LogP) is 4.58. The van der Waals surface area contributed by atoms with Gasteiger partial charge in [-0.1, -0.05) is 47.9 Å². The molecular weight excluding hydrogens is 288 g/mol. The molecule has 0 fully saturated rings. The second-order valence-corrected chi connectivity index (χ2v) is 5.79. The fourth-order valence-corrected chi connectivity index (χ4v) is 1.92. The van der Waals surface area contributed by atoms with Crippen molar-refractivity contribution in [2.45, 2.75) is 58.8 Å². The fraction of sp³-hybridized carbons (Fsp3) is 0.450. The van der Waals surface area contributed by atoms with Gasteiger partial charge in [0.1, 0.15) is 18.9 Å². The van der Waals surface area contributed by atoms with Crippen LogP contribution in [0.15, 0.2) is 35.9 Å². The van der Waals surface area contributed by atoms with Gasteiger partial charge in [-0.05, 0) is 45.6 Å². The van der Waals surface area contributed by atoms with Crippen LogP contribution in [0.25, 0.3) is 0 Å². The maximum absolute atomic E-state index is 10.4. The number of unbranched alkanes of at least 4 members (excludes halogenated alkanes) is 4. The normalized spacial score (nSPS) is 9.57. The minimum atomic E-state index is -0.606. The summed E-state index contributed by atoms with van der Waals surface area (Å²) in [7, 11) is 0. The molecule has 126 valence electrons. The van der Waals surface area contributed by atoms with Crippen LogP contribution in [0.4, 0.5) is 0 Å². The van der Waals surface area contributed by atoms with Gasteiger partial charge in [0.25, 0.3) is 0 Å². The number of allylic oxidation sites excluding steroid dienone is 2. The Hall–Kier alpha value is -2.03. The van der Waals surface area contributed by atoms with Crippen molar-refractivity contribution in [1.82, 2.24) is 0 Å². The Morgan fingerprint density at radius 3 is 1.96 bits per heavy atom. The van der Waals surface area contributed by atoms with Crippen molar-refractivity contribution in [3.8, 4) is 0 Å². The molecule has 0 aliphatic rings. The lowest BCUT2D eigenvalue weighted by molar-refractivity contribution is -0.116. The Labute approximate surface area is 139 Å². The van der Waals surface area contributed by atoms with Crippen LogP contribution in [0.3, 0.4) is 0 Å². The monoisotopic (exact) mass is 316 g/mol. The van der Waals surface area contributed by atoms with Crippen molar-refractivity contribution >= 4 is 18.9 Å². The van der Waals surface area contributed by atoms with E-state index in [1.54, 1.807) is 12.1 Å². The van der Waals surface area contributed by atoms with E-state index in [1.807, 2.05) is 19.1 Å². The van der Waals surface area contributed by atoms with Crippen LogP contribution < -0.4 is 0 Å². The van der Waals surface area contributed by atoms with Crippen molar-refractivity contribution in [3.05, 3.63) is 47.0 Å². The minimum absolute atomic E-state index is 0.606. The second kappa shape index (κ2) is 13.6. The highest BCUT2D eigenvalue weighted by molar-refractivity contribution is 5.84. The Balaban J connectivity index is 0.000000423. The number of carbonyl (C=O) groups excluding carboxylic acids is 3. The first-order valence-electron chi connectivity index (χ1n) is 8.09. The zero-order chi connectivity index (χ0) is 17.5. The number of rotatable bonds is 9.